The summed E-state index contributed by atoms with van der Waals surface area (Å²) in [6, 6.07) is 0.205. The van der Waals surface area contributed by atoms with Gasteiger partial charge in [-0.2, -0.15) is 5.06 Å². The highest BCUT2D eigenvalue weighted by Gasteiger charge is 2.47. The third-order valence-corrected chi connectivity index (χ3v) is 3.99. The Morgan fingerprint density at radius 3 is 2.11 bits per heavy atom. The van der Waals surface area contributed by atoms with Gasteiger partial charge in [-0.25, -0.2) is 0 Å². The lowest BCUT2D eigenvalue weighted by Gasteiger charge is -2.55. The van der Waals surface area contributed by atoms with Crippen LogP contribution in [-0.4, -0.2) is 46.0 Å². The van der Waals surface area contributed by atoms with E-state index in [0.717, 1.165) is 12.8 Å². The van der Waals surface area contributed by atoms with Crippen molar-refractivity contribution in [3.63, 3.8) is 0 Å². The maximum Gasteiger partial charge on any atom is 0.278 e. The van der Waals surface area contributed by atoms with Crippen LogP contribution in [0.1, 0.15) is 47.5 Å². The number of piperidine rings is 1. The Hall–Kier alpha value is -0.260. The van der Waals surface area contributed by atoms with Gasteiger partial charge in [0.2, 0.25) is 0 Å². The number of thiol groups is 1. The first-order chi connectivity index (χ1) is 8.12. The second kappa shape index (κ2) is 5.39. The first kappa shape index (κ1) is 15.8. The van der Waals surface area contributed by atoms with Gasteiger partial charge in [-0.05, 0) is 47.5 Å². The van der Waals surface area contributed by atoms with Crippen molar-refractivity contribution in [1.29, 1.82) is 0 Å². The summed E-state index contributed by atoms with van der Waals surface area (Å²) < 4.78 is 0. The Balaban J connectivity index is 2.94. The predicted molar refractivity (Wildman–Crippen MR) is 76.8 cm³/mol. The number of nitrogens with zero attached hydrogens (tertiary/aromatic N) is 2. The van der Waals surface area contributed by atoms with Crippen molar-refractivity contribution in [2.75, 3.05) is 13.7 Å². The number of carbonyl (C=O) groups excluding carboxylic acids is 1. The minimum Gasteiger partial charge on any atom is -0.334 e. The molecule has 1 fully saturated rings. The standard InChI is InChI=1S/C13H26N2O2S/c1-7-17-15-12(2,3)8-10(9-13(15,4)5)14(6)11(16)18/h10H,7-9H2,1-6H3,(H,16,18). The molecule has 0 bridgehead atoms. The molecule has 0 aromatic heterocycles. The average Bonchev–Trinajstić information content (AvgIpc) is 2.21. The highest BCUT2D eigenvalue weighted by atomic mass is 32.1. The molecule has 4 nitrogen and oxygen atoms in total. The molecule has 0 atom stereocenters. The second-order valence-electron chi connectivity index (χ2n) is 6.29. The average molecular weight is 274 g/mol. The molecule has 0 unspecified atom stereocenters. The van der Waals surface area contributed by atoms with E-state index in [-0.39, 0.29) is 22.4 Å². The molecule has 5 heteroatoms. The summed E-state index contributed by atoms with van der Waals surface area (Å²) >= 11 is 3.92. The summed E-state index contributed by atoms with van der Waals surface area (Å²) in [7, 11) is 1.82. The SMILES string of the molecule is CCON1C(C)(C)CC(N(C)C(=O)S)CC1(C)C. The monoisotopic (exact) mass is 274 g/mol. The quantitative estimate of drug-likeness (QED) is 0.803. The van der Waals surface area contributed by atoms with Crippen LogP contribution in [0, 0.1) is 0 Å². The van der Waals surface area contributed by atoms with E-state index in [1.807, 2.05) is 14.0 Å². The molecule has 1 saturated heterocycles. The maximum absolute atomic E-state index is 11.4. The van der Waals surface area contributed by atoms with E-state index in [0.29, 0.717) is 6.61 Å². The molecule has 0 aromatic rings. The molecule has 1 aliphatic heterocycles. The molecule has 0 saturated carbocycles. The van der Waals surface area contributed by atoms with E-state index in [9.17, 15) is 4.79 Å². The molecule has 18 heavy (non-hydrogen) atoms. The zero-order chi connectivity index (χ0) is 14.1. The first-order valence-corrected chi connectivity index (χ1v) is 6.95. The minimum absolute atomic E-state index is 0.0973. The molecule has 1 aliphatic rings. The van der Waals surface area contributed by atoms with Crippen LogP contribution in [0.25, 0.3) is 0 Å². The van der Waals surface area contributed by atoms with Crippen LogP contribution in [0.4, 0.5) is 4.79 Å². The fourth-order valence-electron chi connectivity index (χ4n) is 3.12. The van der Waals surface area contributed by atoms with E-state index in [1.165, 1.54) is 0 Å². The van der Waals surface area contributed by atoms with Crippen LogP contribution >= 0.6 is 12.6 Å². The lowest BCUT2D eigenvalue weighted by molar-refractivity contribution is -0.284. The van der Waals surface area contributed by atoms with Crippen LogP contribution in [0.5, 0.6) is 0 Å². The van der Waals surface area contributed by atoms with E-state index < -0.39 is 0 Å². The molecule has 1 amide bonds. The number of carbonyl (C=O) groups is 1. The number of amides is 1. The molecule has 0 aromatic carbocycles. The van der Waals surface area contributed by atoms with Crippen molar-refractivity contribution in [3.8, 4) is 0 Å². The summed E-state index contributed by atoms with van der Waals surface area (Å²) in [4.78, 5) is 19.0. The van der Waals surface area contributed by atoms with Crippen molar-refractivity contribution < 1.29 is 9.63 Å². The number of hydroxylamine groups is 2. The van der Waals surface area contributed by atoms with E-state index in [2.05, 4.69) is 45.4 Å². The van der Waals surface area contributed by atoms with Crippen LogP contribution in [0.3, 0.4) is 0 Å². The van der Waals surface area contributed by atoms with Crippen LogP contribution in [0.2, 0.25) is 0 Å². The zero-order valence-electron chi connectivity index (χ0n) is 12.4. The van der Waals surface area contributed by atoms with E-state index in [4.69, 9.17) is 4.84 Å². The van der Waals surface area contributed by atoms with E-state index >= 15 is 0 Å². The molecule has 1 heterocycles. The maximum atomic E-state index is 11.4. The highest BCUT2D eigenvalue weighted by molar-refractivity contribution is 7.96. The third kappa shape index (κ3) is 3.19. The molecule has 0 N–H and O–H groups in total. The van der Waals surface area contributed by atoms with E-state index in [1.54, 1.807) is 4.90 Å². The van der Waals surface area contributed by atoms with Gasteiger partial charge in [-0.15, -0.1) is 0 Å². The summed E-state index contributed by atoms with van der Waals surface area (Å²) in [6.45, 7) is 11.3. The van der Waals surface area contributed by atoms with Crippen molar-refractivity contribution in [2.24, 2.45) is 0 Å². The van der Waals surface area contributed by atoms with Gasteiger partial charge in [0.25, 0.3) is 5.24 Å². The molecule has 0 aliphatic carbocycles. The first-order valence-electron chi connectivity index (χ1n) is 6.51. The zero-order valence-corrected chi connectivity index (χ0v) is 13.3. The van der Waals surface area contributed by atoms with Crippen LogP contribution < -0.4 is 0 Å². The van der Waals surface area contributed by atoms with Crippen molar-refractivity contribution in [2.45, 2.75) is 64.6 Å². The molecule has 0 spiro atoms. The largest absolute Gasteiger partial charge is 0.334 e. The van der Waals surface area contributed by atoms with Gasteiger partial charge in [0, 0.05) is 24.2 Å². The molecule has 106 valence electrons. The normalized spacial score (nSPS) is 23.9. The highest BCUT2D eigenvalue weighted by Crippen LogP contribution is 2.40. The fourth-order valence-corrected chi connectivity index (χ4v) is 3.28. The summed E-state index contributed by atoms with van der Waals surface area (Å²) in [5, 5.41) is 1.92. The Morgan fingerprint density at radius 1 is 1.33 bits per heavy atom. The van der Waals surface area contributed by atoms with Gasteiger partial charge in [0.1, 0.15) is 0 Å². The topological polar surface area (TPSA) is 32.8 Å². The predicted octanol–water partition coefficient (Wildman–Crippen LogP) is 2.94. The summed E-state index contributed by atoms with van der Waals surface area (Å²) in [5.74, 6) is 0. The second-order valence-corrected chi connectivity index (χ2v) is 6.68. The van der Waals surface area contributed by atoms with Gasteiger partial charge in [0.05, 0.1) is 6.61 Å². The van der Waals surface area contributed by atoms with Crippen molar-refractivity contribution in [1.82, 2.24) is 9.96 Å². The molecular formula is C13H26N2O2S. The summed E-state index contributed by atoms with van der Waals surface area (Å²) in [6.07, 6.45) is 1.78. The number of rotatable bonds is 3. The Labute approximate surface area is 116 Å². The minimum atomic E-state index is -0.170. The third-order valence-electron chi connectivity index (χ3n) is 3.68. The Morgan fingerprint density at radius 2 is 1.78 bits per heavy atom. The summed E-state index contributed by atoms with van der Waals surface area (Å²) in [5.41, 5.74) is -0.195. The molecular weight excluding hydrogens is 248 g/mol. The lowest BCUT2D eigenvalue weighted by Crippen LogP contribution is -2.63. The number of hydrogen-bond donors (Lipinski definition) is 1. The lowest BCUT2D eigenvalue weighted by atomic mass is 9.78. The van der Waals surface area contributed by atoms with Crippen LogP contribution in [-0.2, 0) is 4.84 Å². The smallest absolute Gasteiger partial charge is 0.278 e. The van der Waals surface area contributed by atoms with Crippen LogP contribution in [0.15, 0.2) is 0 Å². The van der Waals surface area contributed by atoms with Gasteiger partial charge >= 0.3 is 0 Å². The fraction of sp³-hybridized carbons (Fsp3) is 0.923. The van der Waals surface area contributed by atoms with Gasteiger partial charge in [0.15, 0.2) is 0 Å². The van der Waals surface area contributed by atoms with Gasteiger partial charge in [-0.3, -0.25) is 9.63 Å². The van der Waals surface area contributed by atoms with Crippen molar-refractivity contribution in [3.05, 3.63) is 0 Å². The van der Waals surface area contributed by atoms with Gasteiger partial charge < -0.3 is 4.90 Å². The molecule has 1 rings (SSSR count). The van der Waals surface area contributed by atoms with Gasteiger partial charge in [-0.1, -0.05) is 12.6 Å². The Bertz CT molecular complexity index is 300. The Kier molecular flexibility index (Phi) is 4.73. The molecule has 0 radical (unpaired) electrons. The van der Waals surface area contributed by atoms with Crippen molar-refractivity contribution >= 4 is 17.9 Å². The number of hydrogen-bond acceptors (Lipinski definition) is 3.